The number of carbonyl (C=O) groups excluding carboxylic acids is 1. The number of amides is 1. The van der Waals surface area contributed by atoms with Crippen LogP contribution in [0, 0.1) is 11.7 Å². The van der Waals surface area contributed by atoms with Crippen LogP contribution < -0.4 is 4.72 Å². The molecule has 2 fully saturated rings. The van der Waals surface area contributed by atoms with Crippen molar-refractivity contribution in [3.63, 3.8) is 0 Å². The van der Waals surface area contributed by atoms with E-state index in [1.807, 2.05) is 24.3 Å². The van der Waals surface area contributed by atoms with E-state index in [0.717, 1.165) is 42.2 Å². The van der Waals surface area contributed by atoms with Crippen LogP contribution in [0.2, 0.25) is 0 Å². The average Bonchev–Trinajstić information content (AvgIpc) is 3.48. The Kier molecular flexibility index (Phi) is 5.44. The van der Waals surface area contributed by atoms with Gasteiger partial charge in [0.2, 0.25) is 15.9 Å². The van der Waals surface area contributed by atoms with Gasteiger partial charge >= 0.3 is 0 Å². The lowest BCUT2D eigenvalue weighted by Crippen LogP contribution is -2.49. The summed E-state index contributed by atoms with van der Waals surface area (Å²) in [5.41, 5.74) is 3.08. The smallest absolute Gasteiger partial charge is 0.226 e. The maximum absolute atomic E-state index is 13.3. The number of nitrogens with zero attached hydrogens (tertiary/aromatic N) is 1. The van der Waals surface area contributed by atoms with Crippen molar-refractivity contribution in [3.8, 4) is 11.1 Å². The lowest BCUT2D eigenvalue weighted by Gasteiger charge is -2.33. The topological polar surface area (TPSA) is 66.5 Å². The van der Waals surface area contributed by atoms with E-state index in [1.54, 1.807) is 17.0 Å². The molecule has 3 atom stereocenters. The van der Waals surface area contributed by atoms with Crippen molar-refractivity contribution in [3.05, 3.63) is 59.9 Å². The van der Waals surface area contributed by atoms with Gasteiger partial charge in [0.15, 0.2) is 0 Å². The van der Waals surface area contributed by atoms with Crippen molar-refractivity contribution < 1.29 is 17.6 Å². The molecule has 4 rings (SSSR count). The fraction of sp³-hybridized carbons (Fsp3) is 0.409. The number of carbonyl (C=O) groups is 1. The zero-order chi connectivity index (χ0) is 20.6. The molecule has 1 heterocycles. The number of piperidine rings is 1. The first-order chi connectivity index (χ1) is 13.8. The summed E-state index contributed by atoms with van der Waals surface area (Å²) in [6.45, 7) is 1.10. The summed E-state index contributed by atoms with van der Waals surface area (Å²) in [7, 11) is -3.29. The van der Waals surface area contributed by atoms with Crippen LogP contribution in [0.4, 0.5) is 4.39 Å². The van der Waals surface area contributed by atoms with Gasteiger partial charge in [-0.15, -0.1) is 0 Å². The predicted molar refractivity (Wildman–Crippen MR) is 110 cm³/mol. The molecule has 0 aromatic heterocycles. The number of nitrogens with one attached hydrogen (secondary N) is 1. The van der Waals surface area contributed by atoms with Gasteiger partial charge in [0, 0.05) is 25.0 Å². The monoisotopic (exact) mass is 416 g/mol. The fourth-order valence-corrected chi connectivity index (χ4v) is 5.13. The van der Waals surface area contributed by atoms with Crippen molar-refractivity contribution in [1.82, 2.24) is 9.62 Å². The van der Waals surface area contributed by atoms with Gasteiger partial charge in [0.05, 0.1) is 6.26 Å². The standard InChI is InChI=1S/C22H25FN2O3S/c1-29(27,28)24-17-5-4-12-25(14-17)22(26)21-13-20(21)19-7-3-2-6-18(19)15-8-10-16(23)11-9-15/h2-3,6-11,17,20-21,24H,4-5,12-14H2,1H3. The van der Waals surface area contributed by atoms with E-state index in [9.17, 15) is 17.6 Å². The summed E-state index contributed by atoms with van der Waals surface area (Å²) >= 11 is 0. The summed E-state index contributed by atoms with van der Waals surface area (Å²) in [4.78, 5) is 14.8. The molecular formula is C22H25FN2O3S. The highest BCUT2D eigenvalue weighted by Crippen LogP contribution is 2.51. The van der Waals surface area contributed by atoms with Gasteiger partial charge in [0.25, 0.3) is 0 Å². The molecule has 5 nitrogen and oxygen atoms in total. The molecule has 1 aliphatic carbocycles. The Balaban J connectivity index is 1.47. The zero-order valence-electron chi connectivity index (χ0n) is 16.3. The van der Waals surface area contributed by atoms with Crippen LogP contribution in [0.1, 0.15) is 30.7 Å². The normalized spacial score (nSPS) is 24.3. The maximum Gasteiger partial charge on any atom is 0.226 e. The van der Waals surface area contributed by atoms with E-state index in [0.29, 0.717) is 13.1 Å². The molecule has 29 heavy (non-hydrogen) atoms. The summed E-state index contributed by atoms with van der Waals surface area (Å²) in [6, 6.07) is 14.2. The number of rotatable bonds is 5. The Hall–Kier alpha value is -2.25. The van der Waals surface area contributed by atoms with E-state index in [2.05, 4.69) is 4.72 Å². The molecule has 1 amide bonds. The Labute approximate surface area is 171 Å². The van der Waals surface area contributed by atoms with Crippen LogP contribution in [-0.2, 0) is 14.8 Å². The second kappa shape index (κ2) is 7.88. The van der Waals surface area contributed by atoms with Crippen molar-refractivity contribution >= 4 is 15.9 Å². The third-order valence-electron chi connectivity index (χ3n) is 5.74. The molecule has 7 heteroatoms. The van der Waals surface area contributed by atoms with Crippen LogP contribution in [0.25, 0.3) is 11.1 Å². The number of sulfonamides is 1. The molecule has 1 aliphatic heterocycles. The second-order valence-corrected chi connectivity index (χ2v) is 9.84. The predicted octanol–water partition coefficient (Wildman–Crippen LogP) is 3.14. The Morgan fingerprint density at radius 3 is 2.59 bits per heavy atom. The summed E-state index contributed by atoms with van der Waals surface area (Å²) < 4.78 is 38.9. The van der Waals surface area contributed by atoms with Crippen molar-refractivity contribution in [1.29, 1.82) is 0 Å². The molecule has 3 unspecified atom stereocenters. The largest absolute Gasteiger partial charge is 0.341 e. The summed E-state index contributed by atoms with van der Waals surface area (Å²) in [5, 5.41) is 0. The molecule has 2 aromatic carbocycles. The SMILES string of the molecule is CS(=O)(=O)NC1CCCN(C(=O)C2CC2c2ccccc2-c2ccc(F)cc2)C1. The van der Waals surface area contributed by atoms with Crippen LogP contribution in [0.5, 0.6) is 0 Å². The van der Waals surface area contributed by atoms with Gasteiger partial charge in [0.1, 0.15) is 5.82 Å². The first-order valence-corrected chi connectivity index (χ1v) is 11.8. The van der Waals surface area contributed by atoms with Crippen molar-refractivity contribution in [2.45, 2.75) is 31.2 Å². The van der Waals surface area contributed by atoms with Gasteiger partial charge in [-0.25, -0.2) is 17.5 Å². The summed E-state index contributed by atoms with van der Waals surface area (Å²) in [6.07, 6.45) is 3.48. The van der Waals surface area contributed by atoms with E-state index in [1.165, 1.54) is 12.1 Å². The Bertz CT molecular complexity index is 1010. The summed E-state index contributed by atoms with van der Waals surface area (Å²) in [5.74, 6) is -0.0995. The first kappa shape index (κ1) is 20.0. The molecule has 0 radical (unpaired) electrons. The van der Waals surface area contributed by atoms with E-state index >= 15 is 0 Å². The zero-order valence-corrected chi connectivity index (χ0v) is 17.2. The number of halogens is 1. The molecule has 2 aromatic rings. The molecule has 0 spiro atoms. The minimum absolute atomic E-state index is 0.0754. The highest BCUT2D eigenvalue weighted by Gasteiger charge is 2.47. The van der Waals surface area contributed by atoms with Gasteiger partial charge < -0.3 is 4.90 Å². The van der Waals surface area contributed by atoms with E-state index < -0.39 is 10.0 Å². The van der Waals surface area contributed by atoms with Crippen molar-refractivity contribution in [2.75, 3.05) is 19.3 Å². The van der Waals surface area contributed by atoms with E-state index in [-0.39, 0.29) is 29.6 Å². The molecule has 1 saturated carbocycles. The fourth-order valence-electron chi connectivity index (χ4n) is 4.34. The average molecular weight is 417 g/mol. The number of likely N-dealkylation sites (tertiary alicyclic amines) is 1. The first-order valence-electron chi connectivity index (χ1n) is 9.93. The van der Waals surface area contributed by atoms with Gasteiger partial charge in [-0.2, -0.15) is 0 Å². The quantitative estimate of drug-likeness (QED) is 0.814. The van der Waals surface area contributed by atoms with Gasteiger partial charge in [-0.3, -0.25) is 4.79 Å². The number of benzene rings is 2. The number of hydrogen-bond donors (Lipinski definition) is 1. The van der Waals surface area contributed by atoms with Crippen LogP contribution >= 0.6 is 0 Å². The lowest BCUT2D eigenvalue weighted by atomic mass is 9.95. The number of hydrogen-bond acceptors (Lipinski definition) is 3. The molecule has 1 N–H and O–H groups in total. The van der Waals surface area contributed by atoms with Crippen molar-refractivity contribution in [2.24, 2.45) is 5.92 Å². The minimum atomic E-state index is -3.29. The van der Waals surface area contributed by atoms with Gasteiger partial charge in [-0.05, 0) is 54.0 Å². The Morgan fingerprint density at radius 2 is 1.86 bits per heavy atom. The molecule has 154 valence electrons. The third kappa shape index (κ3) is 4.67. The molecule has 2 aliphatic rings. The second-order valence-electron chi connectivity index (χ2n) is 8.06. The van der Waals surface area contributed by atoms with E-state index in [4.69, 9.17) is 0 Å². The van der Waals surface area contributed by atoms with Gasteiger partial charge in [-0.1, -0.05) is 36.4 Å². The highest BCUT2D eigenvalue weighted by molar-refractivity contribution is 7.88. The maximum atomic E-state index is 13.3. The van der Waals surface area contributed by atoms with Crippen LogP contribution in [0.3, 0.4) is 0 Å². The molecular weight excluding hydrogens is 391 g/mol. The molecule has 1 saturated heterocycles. The minimum Gasteiger partial charge on any atom is -0.341 e. The Morgan fingerprint density at radius 1 is 1.14 bits per heavy atom. The van der Waals surface area contributed by atoms with Crippen LogP contribution in [-0.4, -0.2) is 44.6 Å². The lowest BCUT2D eigenvalue weighted by molar-refractivity contribution is -0.133. The highest BCUT2D eigenvalue weighted by atomic mass is 32.2. The molecule has 0 bridgehead atoms. The third-order valence-corrected chi connectivity index (χ3v) is 6.50. The van der Waals surface area contributed by atoms with Crippen LogP contribution in [0.15, 0.2) is 48.5 Å².